The van der Waals surface area contributed by atoms with E-state index >= 15 is 0 Å². The van der Waals surface area contributed by atoms with Gasteiger partial charge in [-0.05, 0) is 35.9 Å². The van der Waals surface area contributed by atoms with Crippen molar-refractivity contribution in [2.75, 3.05) is 59.0 Å². The van der Waals surface area contributed by atoms with Crippen LogP contribution in [-0.4, -0.2) is 94.9 Å². The van der Waals surface area contributed by atoms with E-state index < -0.39 is 0 Å². The molecule has 0 atom stereocenters. The van der Waals surface area contributed by atoms with Crippen molar-refractivity contribution < 1.29 is 19.1 Å². The van der Waals surface area contributed by atoms with E-state index in [9.17, 15) is 9.59 Å². The molecule has 0 spiro atoms. The molecule has 36 heavy (non-hydrogen) atoms. The highest BCUT2D eigenvalue weighted by Gasteiger charge is 2.24. The van der Waals surface area contributed by atoms with E-state index in [0.717, 1.165) is 22.7 Å². The predicted molar refractivity (Wildman–Crippen MR) is 135 cm³/mol. The Morgan fingerprint density at radius 1 is 0.944 bits per heavy atom. The lowest BCUT2D eigenvalue weighted by Crippen LogP contribution is -2.52. The third kappa shape index (κ3) is 6.10. The SMILES string of the molecule is O=C(/C=C/c1ccc(OCc2cn3ccccc3n2)cc1)N1CCN(CC(=O)N2CCOCC2)CC1. The Labute approximate surface area is 210 Å². The van der Waals surface area contributed by atoms with Crippen LogP contribution < -0.4 is 4.74 Å². The maximum absolute atomic E-state index is 12.6. The third-order valence-electron chi connectivity index (χ3n) is 6.51. The molecule has 2 aliphatic heterocycles. The minimum atomic E-state index is -0.0127. The molecule has 4 heterocycles. The molecule has 2 fully saturated rings. The number of carbonyl (C=O) groups is 2. The number of hydrogen-bond acceptors (Lipinski definition) is 6. The van der Waals surface area contributed by atoms with Crippen LogP contribution in [0.3, 0.4) is 0 Å². The number of aromatic nitrogens is 2. The summed E-state index contributed by atoms with van der Waals surface area (Å²) in [5.74, 6) is 0.878. The molecule has 2 saturated heterocycles. The summed E-state index contributed by atoms with van der Waals surface area (Å²) in [5, 5.41) is 0. The zero-order valence-corrected chi connectivity index (χ0v) is 20.3. The van der Waals surface area contributed by atoms with Crippen molar-refractivity contribution in [3.05, 3.63) is 72.2 Å². The Morgan fingerprint density at radius 3 is 2.47 bits per heavy atom. The van der Waals surface area contributed by atoms with Crippen molar-refractivity contribution >= 4 is 23.5 Å². The van der Waals surface area contributed by atoms with Crippen molar-refractivity contribution in [3.63, 3.8) is 0 Å². The zero-order chi connectivity index (χ0) is 24.7. The maximum atomic E-state index is 12.6. The van der Waals surface area contributed by atoms with Crippen molar-refractivity contribution in [1.29, 1.82) is 0 Å². The summed E-state index contributed by atoms with van der Waals surface area (Å²) in [4.78, 5) is 35.4. The van der Waals surface area contributed by atoms with E-state index in [2.05, 4.69) is 9.88 Å². The summed E-state index contributed by atoms with van der Waals surface area (Å²) in [6.07, 6.45) is 7.35. The molecule has 0 N–H and O–H groups in total. The van der Waals surface area contributed by atoms with Gasteiger partial charge >= 0.3 is 0 Å². The first-order valence-corrected chi connectivity index (χ1v) is 12.3. The molecule has 2 aliphatic rings. The van der Waals surface area contributed by atoms with Gasteiger partial charge in [0.05, 0.1) is 25.5 Å². The maximum Gasteiger partial charge on any atom is 0.246 e. The fourth-order valence-electron chi connectivity index (χ4n) is 4.39. The predicted octanol–water partition coefficient (Wildman–Crippen LogP) is 1.93. The van der Waals surface area contributed by atoms with Crippen LogP contribution in [0.1, 0.15) is 11.3 Å². The molecule has 2 amide bonds. The second-order valence-corrected chi connectivity index (χ2v) is 8.98. The quantitative estimate of drug-likeness (QED) is 0.472. The normalized spacial score (nSPS) is 17.1. The third-order valence-corrected chi connectivity index (χ3v) is 6.51. The van der Waals surface area contributed by atoms with Gasteiger partial charge in [0.1, 0.15) is 18.0 Å². The average Bonchev–Trinajstić information content (AvgIpc) is 3.35. The Kier molecular flexibility index (Phi) is 7.58. The van der Waals surface area contributed by atoms with E-state index in [1.165, 1.54) is 0 Å². The second-order valence-electron chi connectivity index (χ2n) is 8.98. The molecule has 0 saturated carbocycles. The summed E-state index contributed by atoms with van der Waals surface area (Å²) in [6.45, 7) is 5.99. The van der Waals surface area contributed by atoms with Gasteiger partial charge in [-0.15, -0.1) is 0 Å². The van der Waals surface area contributed by atoms with Gasteiger partial charge < -0.3 is 23.7 Å². The highest BCUT2D eigenvalue weighted by molar-refractivity contribution is 5.91. The summed E-state index contributed by atoms with van der Waals surface area (Å²) in [7, 11) is 0. The minimum Gasteiger partial charge on any atom is -0.487 e. The lowest BCUT2D eigenvalue weighted by molar-refractivity contribution is -0.137. The van der Waals surface area contributed by atoms with Gasteiger partial charge in [-0.1, -0.05) is 18.2 Å². The molecule has 0 unspecified atom stereocenters. The molecular weight excluding hydrogens is 458 g/mol. The van der Waals surface area contributed by atoms with Crippen molar-refractivity contribution in [2.24, 2.45) is 0 Å². The van der Waals surface area contributed by atoms with Crippen LogP contribution in [0.5, 0.6) is 5.75 Å². The molecular formula is C27H31N5O4. The number of carbonyl (C=O) groups excluding carboxylic acids is 2. The smallest absolute Gasteiger partial charge is 0.246 e. The summed E-state index contributed by atoms with van der Waals surface area (Å²) in [6, 6.07) is 13.5. The number of rotatable bonds is 7. The lowest BCUT2D eigenvalue weighted by Gasteiger charge is -2.35. The molecule has 0 radical (unpaired) electrons. The van der Waals surface area contributed by atoms with Gasteiger partial charge in [-0.2, -0.15) is 0 Å². The second kappa shape index (κ2) is 11.4. The summed E-state index contributed by atoms with van der Waals surface area (Å²) >= 11 is 0. The number of ether oxygens (including phenoxy) is 2. The molecule has 2 aromatic heterocycles. The molecule has 3 aromatic rings. The molecule has 188 valence electrons. The fourth-order valence-corrected chi connectivity index (χ4v) is 4.39. The van der Waals surface area contributed by atoms with Gasteiger partial charge in [0.2, 0.25) is 11.8 Å². The number of hydrogen-bond donors (Lipinski definition) is 0. The van der Waals surface area contributed by atoms with Crippen molar-refractivity contribution in [1.82, 2.24) is 24.1 Å². The van der Waals surface area contributed by atoms with Crippen LogP contribution in [-0.2, 0) is 20.9 Å². The van der Waals surface area contributed by atoms with E-state index in [4.69, 9.17) is 9.47 Å². The number of pyridine rings is 1. The number of amides is 2. The summed E-state index contributed by atoms with van der Waals surface area (Å²) in [5.41, 5.74) is 2.68. The highest BCUT2D eigenvalue weighted by Crippen LogP contribution is 2.16. The van der Waals surface area contributed by atoms with E-state index in [1.54, 1.807) is 6.08 Å². The average molecular weight is 490 g/mol. The number of imidazole rings is 1. The van der Waals surface area contributed by atoms with E-state index in [0.29, 0.717) is 65.6 Å². The molecule has 9 nitrogen and oxygen atoms in total. The van der Waals surface area contributed by atoms with Crippen LogP contribution in [0.2, 0.25) is 0 Å². The molecule has 1 aromatic carbocycles. The lowest BCUT2D eigenvalue weighted by atomic mass is 10.2. The monoisotopic (exact) mass is 489 g/mol. The van der Waals surface area contributed by atoms with Crippen molar-refractivity contribution in [3.8, 4) is 5.75 Å². The Bertz CT molecular complexity index is 1180. The highest BCUT2D eigenvalue weighted by atomic mass is 16.5. The van der Waals surface area contributed by atoms with Crippen LogP contribution in [0, 0.1) is 0 Å². The van der Waals surface area contributed by atoms with Gasteiger partial charge in [0, 0.05) is 57.7 Å². The number of benzene rings is 1. The number of morpholine rings is 1. The van der Waals surface area contributed by atoms with E-state index in [-0.39, 0.29) is 11.8 Å². The Balaban J connectivity index is 1.05. The molecule has 0 aliphatic carbocycles. The topological polar surface area (TPSA) is 79.6 Å². The Morgan fingerprint density at radius 2 is 1.72 bits per heavy atom. The molecule has 5 rings (SSSR count). The first kappa shape index (κ1) is 24.0. The largest absolute Gasteiger partial charge is 0.487 e. The van der Waals surface area contributed by atoms with Gasteiger partial charge in [-0.25, -0.2) is 4.98 Å². The fraction of sp³-hybridized carbons (Fsp3) is 0.370. The van der Waals surface area contributed by atoms with Gasteiger partial charge in [-0.3, -0.25) is 14.5 Å². The number of piperazine rings is 1. The summed E-state index contributed by atoms with van der Waals surface area (Å²) < 4.78 is 13.1. The first-order valence-electron chi connectivity index (χ1n) is 12.3. The molecule has 0 bridgehead atoms. The number of fused-ring (bicyclic) bond motifs is 1. The van der Waals surface area contributed by atoms with E-state index in [1.807, 2.05) is 75.1 Å². The first-order chi connectivity index (χ1) is 17.6. The standard InChI is InChI=1S/C27H31N5O4/c33-26(30-13-11-29(12-14-30)20-27(34)31-15-17-35-18-16-31)9-6-22-4-7-24(8-5-22)36-21-23-19-32-10-2-1-3-25(32)28-23/h1-10,19H,11-18,20-21H2/b9-6+. The van der Waals surface area contributed by atoms with Crippen LogP contribution >= 0.6 is 0 Å². The minimum absolute atomic E-state index is 0.0127. The van der Waals surface area contributed by atoms with Gasteiger partial charge in [0.25, 0.3) is 0 Å². The van der Waals surface area contributed by atoms with Crippen LogP contribution in [0.25, 0.3) is 11.7 Å². The van der Waals surface area contributed by atoms with Gasteiger partial charge in [0.15, 0.2) is 0 Å². The number of nitrogens with zero attached hydrogens (tertiary/aromatic N) is 5. The van der Waals surface area contributed by atoms with Crippen LogP contribution in [0.4, 0.5) is 0 Å². The Hall–Kier alpha value is -3.69. The van der Waals surface area contributed by atoms with Crippen LogP contribution in [0.15, 0.2) is 60.9 Å². The van der Waals surface area contributed by atoms with Crippen molar-refractivity contribution in [2.45, 2.75) is 6.61 Å². The zero-order valence-electron chi connectivity index (χ0n) is 20.3. The molecule has 9 heteroatoms.